The van der Waals surface area contributed by atoms with Gasteiger partial charge in [-0.25, -0.2) is 0 Å². The molecular weight excluding hydrogens is 148 g/mol. The summed E-state index contributed by atoms with van der Waals surface area (Å²) in [6.07, 6.45) is 3.53. The maximum atomic E-state index is 11.2. The second kappa shape index (κ2) is 6.22. The van der Waals surface area contributed by atoms with Gasteiger partial charge >= 0.3 is 0 Å². The van der Waals surface area contributed by atoms with Crippen molar-refractivity contribution in [3.8, 4) is 0 Å². The molecule has 0 saturated carbocycles. The van der Waals surface area contributed by atoms with Crippen molar-refractivity contribution in [3.63, 3.8) is 0 Å². The molecule has 0 rings (SSSR count). The predicted octanol–water partition coefficient (Wildman–Crippen LogP) is 3.39. The van der Waals surface area contributed by atoms with Gasteiger partial charge in [-0.15, -0.1) is 0 Å². The Morgan fingerprint density at radius 3 is 2.08 bits per heavy atom. The van der Waals surface area contributed by atoms with Gasteiger partial charge in [-0.05, 0) is 24.7 Å². The van der Waals surface area contributed by atoms with E-state index in [1.165, 1.54) is 5.92 Å². The Bertz CT molecular complexity index is 111. The maximum Gasteiger partial charge on any atom is 0.132 e. The van der Waals surface area contributed by atoms with Crippen LogP contribution in [0.25, 0.3) is 0 Å². The van der Waals surface area contributed by atoms with E-state index in [2.05, 4.69) is 27.7 Å². The fourth-order valence-corrected chi connectivity index (χ4v) is 0.964. The van der Waals surface area contributed by atoms with E-state index in [0.717, 1.165) is 25.7 Å². The van der Waals surface area contributed by atoms with E-state index in [9.17, 15) is 4.79 Å². The lowest BCUT2D eigenvalue weighted by Crippen LogP contribution is -2.01. The summed E-state index contributed by atoms with van der Waals surface area (Å²) < 4.78 is 0. The fraction of sp³-hybridized carbons (Fsp3) is 0.818. The van der Waals surface area contributed by atoms with Crippen molar-refractivity contribution < 1.29 is 4.79 Å². The van der Waals surface area contributed by atoms with E-state index in [4.69, 9.17) is 0 Å². The summed E-state index contributed by atoms with van der Waals surface area (Å²) in [6, 6.07) is 0. The lowest BCUT2D eigenvalue weighted by molar-refractivity contribution is -0.119. The molecule has 0 aliphatic carbocycles. The van der Waals surface area contributed by atoms with Crippen LogP contribution >= 0.6 is 0 Å². The number of rotatable bonds is 6. The highest BCUT2D eigenvalue weighted by molar-refractivity contribution is 5.78. The van der Waals surface area contributed by atoms with Crippen molar-refractivity contribution in [1.29, 1.82) is 0 Å². The standard InChI is InChI=1S/C11H21O/c1-9(2)5-7-11(12)8-6-10(3)4/h9H,5-8H2,1-4H3. The van der Waals surface area contributed by atoms with Crippen LogP contribution in [0.1, 0.15) is 53.4 Å². The number of hydrogen-bond acceptors (Lipinski definition) is 1. The van der Waals surface area contributed by atoms with E-state index in [1.54, 1.807) is 0 Å². The normalized spacial score (nSPS) is 11.2. The average molecular weight is 169 g/mol. The molecule has 0 heterocycles. The van der Waals surface area contributed by atoms with E-state index in [1.807, 2.05) is 0 Å². The quantitative estimate of drug-likeness (QED) is 0.595. The summed E-state index contributed by atoms with van der Waals surface area (Å²) in [4.78, 5) is 11.2. The van der Waals surface area contributed by atoms with Crippen LogP contribution in [0.15, 0.2) is 0 Å². The van der Waals surface area contributed by atoms with Gasteiger partial charge in [-0.3, -0.25) is 4.79 Å². The molecule has 71 valence electrons. The van der Waals surface area contributed by atoms with Crippen LogP contribution in [0.5, 0.6) is 0 Å². The van der Waals surface area contributed by atoms with Gasteiger partial charge in [0.25, 0.3) is 0 Å². The minimum Gasteiger partial charge on any atom is -0.300 e. The smallest absolute Gasteiger partial charge is 0.132 e. The van der Waals surface area contributed by atoms with E-state index >= 15 is 0 Å². The van der Waals surface area contributed by atoms with Crippen molar-refractivity contribution >= 4 is 5.78 Å². The first-order chi connectivity index (χ1) is 5.52. The van der Waals surface area contributed by atoms with Crippen molar-refractivity contribution in [2.24, 2.45) is 5.92 Å². The number of ketones is 1. The molecule has 12 heavy (non-hydrogen) atoms. The molecule has 0 N–H and O–H groups in total. The zero-order valence-electron chi connectivity index (χ0n) is 8.81. The molecule has 0 bridgehead atoms. The zero-order valence-corrected chi connectivity index (χ0v) is 8.81. The van der Waals surface area contributed by atoms with E-state index < -0.39 is 0 Å². The Morgan fingerprint density at radius 1 is 1.08 bits per heavy atom. The maximum absolute atomic E-state index is 11.2. The highest BCUT2D eigenvalue weighted by Crippen LogP contribution is 2.10. The van der Waals surface area contributed by atoms with Crippen molar-refractivity contribution in [2.75, 3.05) is 0 Å². The number of Topliss-reactive ketones (excluding diaryl/α,β-unsaturated/α-hetero) is 1. The molecule has 0 aromatic rings. The molecule has 1 heteroatoms. The Balaban J connectivity index is 3.34. The average Bonchev–Trinajstić information content (AvgIpc) is 1.96. The summed E-state index contributed by atoms with van der Waals surface area (Å²) in [5.74, 6) is 2.43. The molecule has 0 aromatic carbocycles. The second-order valence-corrected chi connectivity index (χ2v) is 4.18. The molecule has 0 fully saturated rings. The summed E-state index contributed by atoms with van der Waals surface area (Å²) >= 11 is 0. The Morgan fingerprint density at radius 2 is 1.67 bits per heavy atom. The number of carbonyl (C=O) groups is 1. The number of hydrogen-bond donors (Lipinski definition) is 0. The minimum absolute atomic E-state index is 0.421. The van der Waals surface area contributed by atoms with Crippen molar-refractivity contribution in [2.45, 2.75) is 53.4 Å². The van der Waals surface area contributed by atoms with Gasteiger partial charge in [0.2, 0.25) is 0 Å². The van der Waals surface area contributed by atoms with E-state index in [0.29, 0.717) is 11.7 Å². The van der Waals surface area contributed by atoms with Gasteiger partial charge in [-0.1, -0.05) is 27.7 Å². The summed E-state index contributed by atoms with van der Waals surface area (Å²) in [6.45, 7) is 8.47. The molecule has 0 spiro atoms. The third-order valence-electron chi connectivity index (χ3n) is 1.90. The van der Waals surface area contributed by atoms with Crippen LogP contribution in [-0.2, 0) is 4.79 Å². The second-order valence-electron chi connectivity index (χ2n) is 4.18. The molecule has 1 nitrogen and oxygen atoms in total. The van der Waals surface area contributed by atoms with Crippen LogP contribution in [0.2, 0.25) is 0 Å². The molecule has 1 radical (unpaired) electrons. The molecular formula is C11H21O. The van der Waals surface area contributed by atoms with Gasteiger partial charge in [0.05, 0.1) is 0 Å². The zero-order chi connectivity index (χ0) is 9.56. The third kappa shape index (κ3) is 7.77. The monoisotopic (exact) mass is 169 g/mol. The van der Waals surface area contributed by atoms with Crippen LogP contribution in [0, 0.1) is 11.8 Å². The van der Waals surface area contributed by atoms with Gasteiger partial charge < -0.3 is 0 Å². The Labute approximate surface area is 76.6 Å². The summed E-state index contributed by atoms with van der Waals surface area (Å²) in [7, 11) is 0. The van der Waals surface area contributed by atoms with Crippen LogP contribution in [-0.4, -0.2) is 5.78 Å². The van der Waals surface area contributed by atoms with Crippen LogP contribution < -0.4 is 0 Å². The third-order valence-corrected chi connectivity index (χ3v) is 1.90. The largest absolute Gasteiger partial charge is 0.300 e. The highest BCUT2D eigenvalue weighted by Gasteiger charge is 2.04. The van der Waals surface area contributed by atoms with Gasteiger partial charge in [-0.2, -0.15) is 0 Å². The van der Waals surface area contributed by atoms with Crippen molar-refractivity contribution in [3.05, 3.63) is 5.92 Å². The molecule has 0 saturated heterocycles. The lowest BCUT2D eigenvalue weighted by Gasteiger charge is -2.05. The van der Waals surface area contributed by atoms with Gasteiger partial charge in [0, 0.05) is 12.8 Å². The molecule has 0 unspecified atom stereocenters. The molecule has 0 amide bonds. The van der Waals surface area contributed by atoms with Gasteiger partial charge in [0.15, 0.2) is 0 Å². The van der Waals surface area contributed by atoms with E-state index in [-0.39, 0.29) is 0 Å². The minimum atomic E-state index is 0.421. The summed E-state index contributed by atoms with van der Waals surface area (Å²) in [5, 5.41) is 0. The topological polar surface area (TPSA) is 17.1 Å². The SMILES string of the molecule is C[C](C)CCC(=O)CCC(C)C. The molecule has 0 aromatic heterocycles. The first-order valence-corrected chi connectivity index (χ1v) is 4.83. The molecule has 0 atom stereocenters. The van der Waals surface area contributed by atoms with Crippen LogP contribution in [0.4, 0.5) is 0 Å². The highest BCUT2D eigenvalue weighted by atomic mass is 16.1. The van der Waals surface area contributed by atoms with Gasteiger partial charge in [0.1, 0.15) is 5.78 Å². The Kier molecular flexibility index (Phi) is 6.04. The van der Waals surface area contributed by atoms with Crippen molar-refractivity contribution in [1.82, 2.24) is 0 Å². The number of carbonyl (C=O) groups excluding carboxylic acids is 1. The molecule has 0 aliphatic rings. The fourth-order valence-electron chi connectivity index (χ4n) is 0.964. The first-order valence-electron chi connectivity index (χ1n) is 4.83. The predicted molar refractivity (Wildman–Crippen MR) is 52.9 cm³/mol. The lowest BCUT2D eigenvalue weighted by atomic mass is 10.0. The first kappa shape index (κ1) is 11.7. The molecule has 0 aliphatic heterocycles. The summed E-state index contributed by atoms with van der Waals surface area (Å²) in [5.41, 5.74) is 0. The Hall–Kier alpha value is -0.330. The van der Waals surface area contributed by atoms with Crippen LogP contribution in [0.3, 0.4) is 0 Å².